The van der Waals surface area contributed by atoms with Crippen LogP contribution < -0.4 is 16.0 Å². The number of hydrogen-bond acceptors (Lipinski definition) is 13. The Balaban J connectivity index is 3.31. The van der Waals surface area contributed by atoms with Crippen molar-refractivity contribution in [2.75, 3.05) is 13.7 Å². The van der Waals surface area contributed by atoms with Crippen LogP contribution in [0.3, 0.4) is 0 Å². The van der Waals surface area contributed by atoms with Crippen LogP contribution in [0, 0.1) is 0 Å². The van der Waals surface area contributed by atoms with Crippen molar-refractivity contribution in [3.05, 3.63) is 0 Å². The lowest BCUT2D eigenvalue weighted by Gasteiger charge is -2.45. The molecule has 0 bridgehead atoms. The van der Waals surface area contributed by atoms with Crippen LogP contribution in [0.15, 0.2) is 0 Å². The first kappa shape index (κ1) is 34.1. The molecule has 0 spiro atoms. The van der Waals surface area contributed by atoms with Gasteiger partial charge < -0.3 is 44.4 Å². The summed E-state index contributed by atoms with van der Waals surface area (Å²) in [6.45, 7) is 8.75. The number of amides is 3. The van der Waals surface area contributed by atoms with Gasteiger partial charge in [-0.15, -0.1) is 0 Å². The third-order valence-corrected chi connectivity index (χ3v) is 4.99. The van der Waals surface area contributed by atoms with Crippen molar-refractivity contribution in [3.63, 3.8) is 0 Å². The first-order valence-electron chi connectivity index (χ1n) is 12.2. The Kier molecular flexibility index (Phi) is 12.8. The summed E-state index contributed by atoms with van der Waals surface area (Å²) >= 11 is 0. The minimum absolute atomic E-state index is 0.477. The third-order valence-electron chi connectivity index (χ3n) is 4.99. The molecule has 0 aromatic heterocycles. The molecule has 40 heavy (non-hydrogen) atoms. The Hall–Kier alpha value is -3.95. The summed E-state index contributed by atoms with van der Waals surface area (Å²) < 4.78 is 31.3. The molecule has 16 nitrogen and oxygen atoms in total. The van der Waals surface area contributed by atoms with Gasteiger partial charge in [-0.1, -0.05) is 0 Å². The highest BCUT2D eigenvalue weighted by molar-refractivity contribution is 5.88. The molecule has 1 heterocycles. The molecule has 6 atom stereocenters. The van der Waals surface area contributed by atoms with Crippen molar-refractivity contribution in [2.45, 2.75) is 97.1 Å². The highest BCUT2D eigenvalue weighted by Gasteiger charge is 2.51. The highest BCUT2D eigenvalue weighted by atomic mass is 16.6. The van der Waals surface area contributed by atoms with Gasteiger partial charge in [0.15, 0.2) is 18.4 Å². The van der Waals surface area contributed by atoms with Crippen molar-refractivity contribution in [1.29, 1.82) is 0 Å². The Morgan fingerprint density at radius 3 is 1.90 bits per heavy atom. The standard InChI is InChI=1S/C24H37N3O13/c1-11(28)25-18-20(38-14(4)31)19(37-13(3)30)16(10-36-12(2)29)39-21(18)27-17(32)9-15(22(33)35-8)26-23(34)40-24(5,6)7/h15-16,18-21H,9-10H2,1-8H3,(H,25,28)(H,26,34)(H,27,32)/t15-,16+,18+,19+,20+,21+/m0/s1. The molecule has 3 N–H and O–H groups in total. The lowest BCUT2D eigenvalue weighted by atomic mass is 9.95. The smallest absolute Gasteiger partial charge is 0.408 e. The van der Waals surface area contributed by atoms with Gasteiger partial charge in [-0.25, -0.2) is 9.59 Å². The molecule has 0 radical (unpaired) electrons. The molecule has 1 rings (SSSR count). The van der Waals surface area contributed by atoms with Gasteiger partial charge in [-0.2, -0.15) is 0 Å². The minimum Gasteiger partial charge on any atom is -0.467 e. The lowest BCUT2D eigenvalue weighted by Crippen LogP contribution is -2.69. The van der Waals surface area contributed by atoms with Crippen molar-refractivity contribution in [3.8, 4) is 0 Å². The van der Waals surface area contributed by atoms with E-state index in [1.54, 1.807) is 20.8 Å². The number of rotatable bonds is 10. The predicted molar refractivity (Wildman–Crippen MR) is 132 cm³/mol. The average Bonchev–Trinajstić information content (AvgIpc) is 2.78. The molecule has 0 unspecified atom stereocenters. The lowest BCUT2D eigenvalue weighted by molar-refractivity contribution is -0.228. The van der Waals surface area contributed by atoms with Gasteiger partial charge in [-0.3, -0.25) is 24.0 Å². The number of nitrogens with one attached hydrogen (secondary N) is 3. The zero-order chi connectivity index (χ0) is 30.8. The van der Waals surface area contributed by atoms with Crippen LogP contribution in [0.4, 0.5) is 4.79 Å². The van der Waals surface area contributed by atoms with E-state index >= 15 is 0 Å². The first-order chi connectivity index (χ1) is 18.4. The van der Waals surface area contributed by atoms with Crippen LogP contribution in [0.2, 0.25) is 0 Å². The molecule has 0 aromatic rings. The zero-order valence-corrected chi connectivity index (χ0v) is 23.7. The fourth-order valence-corrected chi connectivity index (χ4v) is 3.64. The summed E-state index contributed by atoms with van der Waals surface area (Å²) in [4.78, 5) is 84.7. The van der Waals surface area contributed by atoms with E-state index in [4.69, 9.17) is 23.7 Å². The Morgan fingerprint density at radius 2 is 1.43 bits per heavy atom. The number of methoxy groups -OCH3 is 1. The second-order valence-electron chi connectivity index (χ2n) is 9.77. The number of carbonyl (C=O) groups excluding carboxylic acids is 7. The second-order valence-corrected chi connectivity index (χ2v) is 9.77. The van der Waals surface area contributed by atoms with Crippen LogP contribution >= 0.6 is 0 Å². The maximum absolute atomic E-state index is 13.0. The fourth-order valence-electron chi connectivity index (χ4n) is 3.64. The first-order valence-corrected chi connectivity index (χ1v) is 12.2. The van der Waals surface area contributed by atoms with Crippen molar-refractivity contribution < 1.29 is 62.0 Å². The monoisotopic (exact) mass is 575 g/mol. The summed E-state index contributed by atoms with van der Waals surface area (Å²) in [5.41, 5.74) is -0.893. The topological polar surface area (TPSA) is 211 Å². The van der Waals surface area contributed by atoms with Gasteiger partial charge in [0.25, 0.3) is 0 Å². The molecule has 1 aliphatic rings. The van der Waals surface area contributed by atoms with E-state index in [2.05, 4.69) is 20.7 Å². The quantitative estimate of drug-likeness (QED) is 0.216. The molecular formula is C24H37N3O13. The van der Waals surface area contributed by atoms with E-state index < -0.39 is 97.0 Å². The summed E-state index contributed by atoms with van der Waals surface area (Å²) in [6, 6.07) is -2.78. The molecular weight excluding hydrogens is 538 g/mol. The zero-order valence-electron chi connectivity index (χ0n) is 23.7. The molecule has 226 valence electrons. The third kappa shape index (κ3) is 11.8. The summed E-state index contributed by atoms with van der Waals surface area (Å²) in [7, 11) is 1.06. The largest absolute Gasteiger partial charge is 0.467 e. The van der Waals surface area contributed by atoms with E-state index in [0.29, 0.717) is 0 Å². The van der Waals surface area contributed by atoms with Gasteiger partial charge in [0, 0.05) is 27.7 Å². The van der Waals surface area contributed by atoms with Gasteiger partial charge in [0.05, 0.1) is 13.5 Å². The summed E-state index contributed by atoms with van der Waals surface area (Å²) in [5.74, 6) is -4.76. The van der Waals surface area contributed by atoms with Crippen molar-refractivity contribution in [2.24, 2.45) is 0 Å². The molecule has 1 saturated heterocycles. The molecule has 1 fully saturated rings. The molecule has 16 heteroatoms. The Bertz CT molecular complexity index is 978. The maximum atomic E-state index is 13.0. The van der Waals surface area contributed by atoms with E-state index in [1.807, 2.05) is 0 Å². The maximum Gasteiger partial charge on any atom is 0.408 e. The summed E-state index contributed by atoms with van der Waals surface area (Å²) in [6.07, 6.45) is -7.11. The highest BCUT2D eigenvalue weighted by Crippen LogP contribution is 2.26. The number of esters is 4. The number of carbonyl (C=O) groups is 7. The van der Waals surface area contributed by atoms with Gasteiger partial charge in [-0.05, 0) is 20.8 Å². The van der Waals surface area contributed by atoms with Crippen LogP contribution in [0.5, 0.6) is 0 Å². The van der Waals surface area contributed by atoms with E-state index in [-0.39, 0.29) is 0 Å². The second kappa shape index (κ2) is 15.0. The molecule has 0 saturated carbocycles. The number of hydrogen-bond donors (Lipinski definition) is 3. The number of alkyl carbamates (subject to hydrolysis) is 1. The Labute approximate surface area is 231 Å². The Morgan fingerprint density at radius 1 is 0.850 bits per heavy atom. The minimum atomic E-state index is -1.47. The van der Waals surface area contributed by atoms with Gasteiger partial charge >= 0.3 is 30.0 Å². The molecule has 1 aliphatic heterocycles. The van der Waals surface area contributed by atoms with E-state index in [1.165, 1.54) is 0 Å². The van der Waals surface area contributed by atoms with E-state index in [9.17, 15) is 33.6 Å². The molecule has 0 aromatic carbocycles. The predicted octanol–water partition coefficient (Wildman–Crippen LogP) is -0.785. The fraction of sp³-hybridized carbons (Fsp3) is 0.708. The van der Waals surface area contributed by atoms with E-state index in [0.717, 1.165) is 34.8 Å². The summed E-state index contributed by atoms with van der Waals surface area (Å²) in [5, 5.41) is 7.19. The van der Waals surface area contributed by atoms with Crippen LogP contribution in [-0.2, 0) is 57.2 Å². The number of ether oxygens (including phenoxy) is 6. The average molecular weight is 576 g/mol. The van der Waals surface area contributed by atoms with Crippen LogP contribution in [0.1, 0.15) is 54.9 Å². The van der Waals surface area contributed by atoms with Crippen molar-refractivity contribution >= 4 is 41.8 Å². The molecule has 0 aliphatic carbocycles. The normalized spacial score (nSPS) is 22.9. The van der Waals surface area contributed by atoms with Crippen molar-refractivity contribution in [1.82, 2.24) is 16.0 Å². The van der Waals surface area contributed by atoms with Gasteiger partial charge in [0.1, 0.15) is 30.4 Å². The van der Waals surface area contributed by atoms with Gasteiger partial charge in [0.2, 0.25) is 11.8 Å². The molecule has 3 amide bonds. The van der Waals surface area contributed by atoms with Crippen LogP contribution in [-0.4, -0.2) is 97.7 Å². The van der Waals surface area contributed by atoms with Crippen LogP contribution in [0.25, 0.3) is 0 Å². The SMILES string of the molecule is COC(=O)[C@H](CC(=O)N[C@@H]1O[C@H](COC(C)=O)[C@@H](OC(C)=O)[C@H](OC(C)=O)[C@H]1NC(C)=O)NC(=O)OC(C)(C)C.